The number of benzene rings is 2. The van der Waals surface area contributed by atoms with Crippen LogP contribution in [-0.4, -0.2) is 30.4 Å². The van der Waals surface area contributed by atoms with Gasteiger partial charge >= 0.3 is 11.8 Å². The Balaban J connectivity index is 0.000000516. The van der Waals surface area contributed by atoms with E-state index in [2.05, 4.69) is 0 Å². The fourth-order valence-electron chi connectivity index (χ4n) is 2.23. The molecule has 0 aliphatic carbocycles. The van der Waals surface area contributed by atoms with Crippen molar-refractivity contribution in [1.82, 2.24) is 0 Å². The number of halogens is 4. The van der Waals surface area contributed by atoms with Crippen molar-refractivity contribution in [3.05, 3.63) is 71.3 Å². The average Bonchev–Trinajstić information content (AvgIpc) is 2.61. The predicted molar refractivity (Wildman–Crippen MR) is 99.5 cm³/mol. The van der Waals surface area contributed by atoms with Gasteiger partial charge in [0.2, 0.25) is 0 Å². The van der Waals surface area contributed by atoms with Gasteiger partial charge in [-0.05, 0) is 19.4 Å². The van der Waals surface area contributed by atoms with E-state index in [1.807, 2.05) is 0 Å². The second-order valence-corrected chi connectivity index (χ2v) is 8.32. The first-order valence-electron chi connectivity index (χ1n) is 8.38. The summed E-state index contributed by atoms with van der Waals surface area (Å²) in [4.78, 5) is 0. The minimum Gasteiger partial charge on any atom is -0.748 e. The lowest BCUT2D eigenvalue weighted by atomic mass is 9.91. The second kappa shape index (κ2) is 9.21. The lowest BCUT2D eigenvalue weighted by Gasteiger charge is -2.28. The van der Waals surface area contributed by atoms with E-state index in [0.717, 1.165) is 24.3 Å². The van der Waals surface area contributed by atoms with Crippen LogP contribution >= 0.6 is 0 Å². The van der Waals surface area contributed by atoms with E-state index in [0.29, 0.717) is 5.56 Å². The maximum atomic E-state index is 14.3. The molecule has 0 aromatic heterocycles. The number of alkyl halides is 4. The third kappa shape index (κ3) is 6.77. The van der Waals surface area contributed by atoms with Crippen LogP contribution in [0, 0.1) is 0 Å². The monoisotopic (exact) mass is 436 g/mol. The van der Waals surface area contributed by atoms with Crippen molar-refractivity contribution in [2.75, 3.05) is 12.4 Å². The van der Waals surface area contributed by atoms with E-state index in [9.17, 15) is 30.5 Å². The number of rotatable bonds is 6. The Bertz CT molecular complexity index is 881. The Labute approximate surface area is 166 Å². The Hall–Kier alpha value is -2.01. The predicted octanol–water partition coefficient (Wildman–Crippen LogP) is 3.29. The molecule has 0 amide bonds. The summed E-state index contributed by atoms with van der Waals surface area (Å²) in [5.41, 5.74) is 4.26. The normalized spacial score (nSPS) is 12.9. The third-order valence-corrected chi connectivity index (χ3v) is 4.55. The lowest BCUT2D eigenvalue weighted by molar-refractivity contribution is -0.223. The SMILES string of the molecule is CC(C)(N)c1ccc(C(F)(F)C(F)(F)c2ccccc2)cc1.O=S(=O)([O-])CCO. The van der Waals surface area contributed by atoms with Gasteiger partial charge in [0.25, 0.3) is 0 Å². The number of aliphatic hydroxyl groups excluding tert-OH is 1. The molecule has 0 aliphatic heterocycles. The topological polar surface area (TPSA) is 103 Å². The molecule has 10 heteroatoms. The molecule has 29 heavy (non-hydrogen) atoms. The molecule has 0 radical (unpaired) electrons. The average molecular weight is 436 g/mol. The standard InChI is InChI=1S/C17H17F4N.C2H6O4S/c1-15(2,22)12-8-10-14(11-9-12)17(20,21)16(18,19)13-6-4-3-5-7-13;3-1-2-7(4,5)6/h3-11H,22H2,1-2H3;3H,1-2H2,(H,4,5,6)/p-1. The van der Waals surface area contributed by atoms with Crippen molar-refractivity contribution < 1.29 is 35.6 Å². The first-order valence-corrected chi connectivity index (χ1v) is 9.96. The summed E-state index contributed by atoms with van der Waals surface area (Å²) in [6, 6.07) is 10.8. The second-order valence-electron chi connectivity index (χ2n) is 6.80. The maximum absolute atomic E-state index is 14.3. The van der Waals surface area contributed by atoms with E-state index in [1.54, 1.807) is 13.8 Å². The zero-order valence-corrected chi connectivity index (χ0v) is 16.6. The van der Waals surface area contributed by atoms with E-state index in [-0.39, 0.29) is 0 Å². The number of hydrogen-bond acceptors (Lipinski definition) is 5. The van der Waals surface area contributed by atoms with Crippen molar-refractivity contribution in [3.63, 3.8) is 0 Å². The van der Waals surface area contributed by atoms with Gasteiger partial charge in [-0.25, -0.2) is 8.42 Å². The minimum absolute atomic E-state index is 0.591. The van der Waals surface area contributed by atoms with Crippen LogP contribution in [0.15, 0.2) is 54.6 Å². The minimum atomic E-state index is -4.31. The van der Waals surface area contributed by atoms with E-state index in [1.165, 1.54) is 30.3 Å². The molecule has 0 aliphatic rings. The third-order valence-electron chi connectivity index (χ3n) is 3.86. The van der Waals surface area contributed by atoms with Crippen LogP contribution in [0.4, 0.5) is 17.6 Å². The van der Waals surface area contributed by atoms with Gasteiger partial charge in [-0.2, -0.15) is 17.6 Å². The van der Waals surface area contributed by atoms with Crippen LogP contribution < -0.4 is 5.73 Å². The van der Waals surface area contributed by atoms with Crippen LogP contribution in [0.2, 0.25) is 0 Å². The summed E-state index contributed by atoms with van der Waals surface area (Å²) in [7, 11) is -4.17. The zero-order chi connectivity index (χ0) is 22.5. The molecule has 2 aromatic rings. The molecular weight excluding hydrogens is 414 g/mol. The largest absolute Gasteiger partial charge is 0.748 e. The Morgan fingerprint density at radius 3 is 1.55 bits per heavy atom. The summed E-state index contributed by atoms with van der Waals surface area (Å²) < 4.78 is 85.4. The van der Waals surface area contributed by atoms with E-state index >= 15 is 0 Å². The van der Waals surface area contributed by atoms with Crippen LogP contribution in [0.1, 0.15) is 30.5 Å². The van der Waals surface area contributed by atoms with Gasteiger partial charge in [0, 0.05) is 16.7 Å². The molecule has 162 valence electrons. The van der Waals surface area contributed by atoms with Crippen LogP contribution in [0.5, 0.6) is 0 Å². The summed E-state index contributed by atoms with van der Waals surface area (Å²) in [5, 5.41) is 7.82. The summed E-state index contributed by atoms with van der Waals surface area (Å²) in [5.74, 6) is -9.30. The zero-order valence-electron chi connectivity index (χ0n) is 15.8. The van der Waals surface area contributed by atoms with Gasteiger partial charge in [-0.1, -0.05) is 54.6 Å². The highest BCUT2D eigenvalue weighted by molar-refractivity contribution is 7.85. The summed E-state index contributed by atoms with van der Waals surface area (Å²) >= 11 is 0. The smallest absolute Gasteiger partial charge is 0.339 e. The molecule has 2 rings (SSSR count). The van der Waals surface area contributed by atoms with Crippen LogP contribution in [-0.2, 0) is 27.5 Å². The number of nitrogens with two attached hydrogens (primary N) is 1. The molecule has 3 N–H and O–H groups in total. The Morgan fingerprint density at radius 1 is 0.862 bits per heavy atom. The molecule has 5 nitrogen and oxygen atoms in total. The first kappa shape index (κ1) is 25.0. The molecule has 0 saturated heterocycles. The molecule has 0 saturated carbocycles. The molecule has 0 bridgehead atoms. The molecule has 0 spiro atoms. The van der Waals surface area contributed by atoms with E-state index in [4.69, 9.17) is 10.8 Å². The fraction of sp³-hybridized carbons (Fsp3) is 0.368. The Kier molecular flexibility index (Phi) is 7.94. The van der Waals surface area contributed by atoms with Crippen molar-refractivity contribution in [2.24, 2.45) is 5.73 Å². The highest BCUT2D eigenvalue weighted by atomic mass is 32.2. The lowest BCUT2D eigenvalue weighted by Crippen LogP contribution is -2.36. The van der Waals surface area contributed by atoms with Gasteiger partial charge in [0.1, 0.15) is 0 Å². The van der Waals surface area contributed by atoms with E-state index < -0.39 is 51.0 Å². The Morgan fingerprint density at radius 2 is 1.24 bits per heavy atom. The van der Waals surface area contributed by atoms with Gasteiger partial charge in [-0.3, -0.25) is 0 Å². The van der Waals surface area contributed by atoms with Crippen molar-refractivity contribution in [1.29, 1.82) is 0 Å². The van der Waals surface area contributed by atoms with Crippen LogP contribution in [0.3, 0.4) is 0 Å². The van der Waals surface area contributed by atoms with Crippen molar-refractivity contribution >= 4 is 10.1 Å². The maximum Gasteiger partial charge on any atom is 0.339 e. The molecular formula is C19H22F4NO4S-. The van der Waals surface area contributed by atoms with Gasteiger partial charge in [0.15, 0.2) is 0 Å². The molecule has 2 aromatic carbocycles. The van der Waals surface area contributed by atoms with Crippen LogP contribution in [0.25, 0.3) is 0 Å². The highest BCUT2D eigenvalue weighted by Gasteiger charge is 2.58. The van der Waals surface area contributed by atoms with Crippen molar-refractivity contribution in [3.8, 4) is 0 Å². The molecule has 0 unspecified atom stereocenters. The number of aliphatic hydroxyl groups is 1. The fourth-order valence-corrected chi connectivity index (χ4v) is 2.45. The van der Waals surface area contributed by atoms with Crippen molar-refractivity contribution in [2.45, 2.75) is 31.2 Å². The number of hydrogen-bond donors (Lipinski definition) is 2. The van der Waals surface area contributed by atoms with Gasteiger partial charge < -0.3 is 15.4 Å². The van der Waals surface area contributed by atoms with Gasteiger partial charge in [0.05, 0.1) is 22.5 Å². The molecule has 0 atom stereocenters. The molecule has 0 fully saturated rings. The molecule has 0 heterocycles. The van der Waals surface area contributed by atoms with Gasteiger partial charge in [-0.15, -0.1) is 0 Å². The summed E-state index contributed by atoms with van der Waals surface area (Å²) in [6.07, 6.45) is 0. The first-order chi connectivity index (χ1) is 13.1. The quantitative estimate of drug-likeness (QED) is 0.534. The summed E-state index contributed by atoms with van der Waals surface area (Å²) in [6.45, 7) is 2.82. The highest BCUT2D eigenvalue weighted by Crippen LogP contribution is 2.49.